The SMILES string of the molecule is CCC1CCC(NCc2ccc(OCC#N)cc2)CC1. The lowest BCUT2D eigenvalue weighted by molar-refractivity contribution is 0.285. The molecule has 1 aliphatic carbocycles. The molecule has 0 saturated heterocycles. The Morgan fingerprint density at radius 3 is 2.50 bits per heavy atom. The third-order valence-electron chi connectivity index (χ3n) is 4.25. The second-order valence-electron chi connectivity index (χ2n) is 5.60. The van der Waals surface area contributed by atoms with Gasteiger partial charge in [0.25, 0.3) is 0 Å². The lowest BCUT2D eigenvalue weighted by Gasteiger charge is -2.28. The van der Waals surface area contributed by atoms with Crippen molar-refractivity contribution in [1.82, 2.24) is 5.32 Å². The normalized spacial score (nSPS) is 22.2. The number of hydrogen-bond acceptors (Lipinski definition) is 3. The highest BCUT2D eigenvalue weighted by Gasteiger charge is 2.19. The topological polar surface area (TPSA) is 45.0 Å². The summed E-state index contributed by atoms with van der Waals surface area (Å²) in [7, 11) is 0. The van der Waals surface area contributed by atoms with E-state index in [9.17, 15) is 0 Å². The molecular weight excluding hydrogens is 248 g/mol. The Labute approximate surface area is 121 Å². The van der Waals surface area contributed by atoms with Gasteiger partial charge in [0.15, 0.2) is 6.61 Å². The maximum atomic E-state index is 8.46. The van der Waals surface area contributed by atoms with E-state index in [1.807, 2.05) is 18.2 Å². The van der Waals surface area contributed by atoms with Gasteiger partial charge >= 0.3 is 0 Å². The maximum Gasteiger partial charge on any atom is 0.174 e. The summed E-state index contributed by atoms with van der Waals surface area (Å²) < 4.78 is 5.25. The van der Waals surface area contributed by atoms with Gasteiger partial charge < -0.3 is 10.1 Å². The third kappa shape index (κ3) is 4.54. The minimum Gasteiger partial charge on any atom is -0.479 e. The van der Waals surface area contributed by atoms with Gasteiger partial charge in [-0.1, -0.05) is 25.5 Å². The van der Waals surface area contributed by atoms with Crippen LogP contribution in [-0.4, -0.2) is 12.6 Å². The molecule has 0 spiro atoms. The van der Waals surface area contributed by atoms with Crippen LogP contribution in [0.4, 0.5) is 0 Å². The molecule has 1 fully saturated rings. The van der Waals surface area contributed by atoms with E-state index >= 15 is 0 Å². The highest BCUT2D eigenvalue weighted by Crippen LogP contribution is 2.26. The van der Waals surface area contributed by atoms with Crippen LogP contribution in [0.5, 0.6) is 5.75 Å². The molecule has 0 aromatic heterocycles. The van der Waals surface area contributed by atoms with Crippen LogP contribution >= 0.6 is 0 Å². The van der Waals surface area contributed by atoms with Crippen molar-refractivity contribution in [2.75, 3.05) is 6.61 Å². The van der Waals surface area contributed by atoms with Crippen molar-refractivity contribution in [2.45, 2.75) is 51.6 Å². The average Bonchev–Trinajstić information content (AvgIpc) is 2.52. The van der Waals surface area contributed by atoms with E-state index in [0.717, 1.165) is 18.2 Å². The summed E-state index contributed by atoms with van der Waals surface area (Å²) in [4.78, 5) is 0. The van der Waals surface area contributed by atoms with Crippen LogP contribution in [0.3, 0.4) is 0 Å². The summed E-state index contributed by atoms with van der Waals surface area (Å²) in [6, 6.07) is 10.6. The fraction of sp³-hybridized carbons (Fsp3) is 0.588. The van der Waals surface area contributed by atoms with Gasteiger partial charge in [-0.3, -0.25) is 0 Å². The Kier molecular flexibility index (Phi) is 5.88. The van der Waals surface area contributed by atoms with Crippen LogP contribution in [0.15, 0.2) is 24.3 Å². The van der Waals surface area contributed by atoms with Crippen LogP contribution < -0.4 is 10.1 Å². The zero-order valence-corrected chi connectivity index (χ0v) is 12.3. The van der Waals surface area contributed by atoms with Crippen molar-refractivity contribution in [1.29, 1.82) is 5.26 Å². The Balaban J connectivity index is 1.73. The molecule has 20 heavy (non-hydrogen) atoms. The number of nitrogens with zero attached hydrogens (tertiary/aromatic N) is 1. The average molecular weight is 272 g/mol. The van der Waals surface area contributed by atoms with E-state index in [1.54, 1.807) is 0 Å². The zero-order chi connectivity index (χ0) is 14.2. The second-order valence-corrected chi connectivity index (χ2v) is 5.60. The summed E-state index contributed by atoms with van der Waals surface area (Å²) in [5.41, 5.74) is 1.27. The van der Waals surface area contributed by atoms with Crippen molar-refractivity contribution >= 4 is 0 Å². The molecule has 0 heterocycles. The first-order chi connectivity index (χ1) is 9.81. The number of hydrogen-bond donors (Lipinski definition) is 1. The van der Waals surface area contributed by atoms with Gasteiger partial charge in [-0.2, -0.15) is 5.26 Å². The number of nitrogens with one attached hydrogen (secondary N) is 1. The van der Waals surface area contributed by atoms with Gasteiger partial charge in [-0.05, 0) is 49.3 Å². The van der Waals surface area contributed by atoms with Crippen LogP contribution in [0.25, 0.3) is 0 Å². The molecule has 108 valence electrons. The molecule has 0 bridgehead atoms. The number of benzene rings is 1. The highest BCUT2D eigenvalue weighted by molar-refractivity contribution is 5.27. The Morgan fingerprint density at radius 2 is 1.90 bits per heavy atom. The molecule has 3 nitrogen and oxygen atoms in total. The first-order valence-corrected chi connectivity index (χ1v) is 7.64. The van der Waals surface area contributed by atoms with Crippen molar-refractivity contribution in [3.63, 3.8) is 0 Å². The van der Waals surface area contributed by atoms with Crippen molar-refractivity contribution < 1.29 is 4.74 Å². The molecule has 3 heteroatoms. The van der Waals surface area contributed by atoms with Crippen molar-refractivity contribution in [3.05, 3.63) is 29.8 Å². The van der Waals surface area contributed by atoms with E-state index in [-0.39, 0.29) is 6.61 Å². The van der Waals surface area contributed by atoms with Crippen LogP contribution in [0, 0.1) is 17.2 Å². The van der Waals surface area contributed by atoms with E-state index in [1.165, 1.54) is 37.7 Å². The first-order valence-electron chi connectivity index (χ1n) is 7.64. The van der Waals surface area contributed by atoms with E-state index in [2.05, 4.69) is 24.4 Å². The second kappa shape index (κ2) is 7.91. The number of ether oxygens (including phenoxy) is 1. The van der Waals surface area contributed by atoms with Gasteiger partial charge in [-0.25, -0.2) is 0 Å². The number of rotatable bonds is 6. The smallest absolute Gasteiger partial charge is 0.174 e. The predicted molar refractivity (Wildman–Crippen MR) is 80.4 cm³/mol. The molecule has 1 N–H and O–H groups in total. The van der Waals surface area contributed by atoms with Gasteiger partial charge in [0.1, 0.15) is 11.8 Å². The Morgan fingerprint density at radius 1 is 1.20 bits per heavy atom. The third-order valence-corrected chi connectivity index (χ3v) is 4.25. The van der Waals surface area contributed by atoms with Crippen LogP contribution in [0.1, 0.15) is 44.6 Å². The summed E-state index contributed by atoms with van der Waals surface area (Å²) in [6.07, 6.45) is 6.69. The fourth-order valence-corrected chi connectivity index (χ4v) is 2.86. The standard InChI is InChI=1S/C17H24N2O/c1-2-14-3-7-16(8-4-14)19-13-15-5-9-17(10-6-15)20-12-11-18/h5-6,9-10,14,16,19H,2-4,7-8,12-13H2,1H3. The molecule has 0 atom stereocenters. The molecule has 1 aromatic carbocycles. The van der Waals surface area contributed by atoms with E-state index in [4.69, 9.17) is 10.00 Å². The molecule has 0 amide bonds. The fourth-order valence-electron chi connectivity index (χ4n) is 2.86. The molecule has 2 rings (SSSR count). The largest absolute Gasteiger partial charge is 0.479 e. The van der Waals surface area contributed by atoms with Gasteiger partial charge in [0.05, 0.1) is 0 Å². The minimum absolute atomic E-state index is 0.109. The monoisotopic (exact) mass is 272 g/mol. The molecule has 1 aromatic rings. The van der Waals surface area contributed by atoms with Crippen LogP contribution in [-0.2, 0) is 6.54 Å². The van der Waals surface area contributed by atoms with E-state index in [0.29, 0.717) is 6.04 Å². The molecular formula is C17H24N2O. The molecule has 0 unspecified atom stereocenters. The summed E-state index contributed by atoms with van der Waals surface area (Å²) in [5, 5.41) is 12.1. The van der Waals surface area contributed by atoms with Gasteiger partial charge in [0.2, 0.25) is 0 Å². The number of nitriles is 1. The summed E-state index contributed by atoms with van der Waals surface area (Å²) >= 11 is 0. The molecule has 0 radical (unpaired) electrons. The van der Waals surface area contributed by atoms with E-state index < -0.39 is 0 Å². The highest BCUT2D eigenvalue weighted by atomic mass is 16.5. The predicted octanol–water partition coefficient (Wildman–Crippen LogP) is 3.65. The lowest BCUT2D eigenvalue weighted by atomic mass is 9.84. The van der Waals surface area contributed by atoms with Crippen LogP contribution in [0.2, 0.25) is 0 Å². The summed E-state index contributed by atoms with van der Waals surface area (Å²) in [5.74, 6) is 1.71. The Bertz CT molecular complexity index is 427. The first kappa shape index (κ1) is 14.9. The van der Waals surface area contributed by atoms with Crippen molar-refractivity contribution in [2.24, 2.45) is 5.92 Å². The lowest BCUT2D eigenvalue weighted by Crippen LogP contribution is -2.32. The molecule has 0 aliphatic heterocycles. The zero-order valence-electron chi connectivity index (χ0n) is 12.3. The van der Waals surface area contributed by atoms with Gasteiger partial charge in [-0.15, -0.1) is 0 Å². The van der Waals surface area contributed by atoms with Gasteiger partial charge in [0, 0.05) is 12.6 Å². The maximum absolute atomic E-state index is 8.46. The summed E-state index contributed by atoms with van der Waals surface area (Å²) in [6.45, 7) is 3.33. The minimum atomic E-state index is 0.109. The molecule has 1 saturated carbocycles. The quantitative estimate of drug-likeness (QED) is 0.859. The molecule has 1 aliphatic rings. The van der Waals surface area contributed by atoms with Crippen molar-refractivity contribution in [3.8, 4) is 11.8 Å². The Hall–Kier alpha value is -1.53.